The van der Waals surface area contributed by atoms with Gasteiger partial charge in [0.2, 0.25) is 5.91 Å². The summed E-state index contributed by atoms with van der Waals surface area (Å²) in [4.78, 5) is 15.1. The number of nitrogens with zero attached hydrogens (tertiary/aromatic N) is 1. The van der Waals surface area contributed by atoms with Crippen molar-refractivity contribution in [1.82, 2.24) is 10.2 Å². The largest absolute Gasteiger partial charge is 0.336 e. The minimum atomic E-state index is 0.0356. The molecule has 0 saturated carbocycles. The van der Waals surface area contributed by atoms with Crippen molar-refractivity contribution >= 4 is 33.2 Å². The van der Waals surface area contributed by atoms with Gasteiger partial charge in [-0.05, 0) is 35.0 Å². The molecule has 1 aromatic heterocycles. The number of carbonyl (C=O) groups is 1. The van der Waals surface area contributed by atoms with E-state index in [4.69, 9.17) is 0 Å². The summed E-state index contributed by atoms with van der Waals surface area (Å²) >= 11 is 5.12. The third-order valence-corrected chi connectivity index (χ3v) is 4.40. The van der Waals surface area contributed by atoms with Gasteiger partial charge in [-0.3, -0.25) is 4.79 Å². The second-order valence-corrected chi connectivity index (χ2v) is 5.80. The van der Waals surface area contributed by atoms with Gasteiger partial charge < -0.3 is 10.2 Å². The number of rotatable bonds is 4. The average molecular weight is 303 g/mol. The number of likely N-dealkylation sites (tertiary alicyclic amines) is 1. The van der Waals surface area contributed by atoms with Crippen molar-refractivity contribution in [1.29, 1.82) is 0 Å². The van der Waals surface area contributed by atoms with E-state index < -0.39 is 0 Å². The first-order valence-corrected chi connectivity index (χ1v) is 7.13. The Hall–Kier alpha value is -0.390. The van der Waals surface area contributed by atoms with Crippen molar-refractivity contribution in [3.8, 4) is 0 Å². The molecule has 88 valence electrons. The Balaban J connectivity index is 1.94. The molecule has 1 aliphatic rings. The van der Waals surface area contributed by atoms with E-state index in [0.717, 1.165) is 30.5 Å². The summed E-state index contributed by atoms with van der Waals surface area (Å²) in [6.45, 7) is 4.50. The molecule has 3 nitrogen and oxygen atoms in total. The maximum absolute atomic E-state index is 12.0. The Kier molecular flexibility index (Phi) is 4.00. The van der Waals surface area contributed by atoms with Crippen LogP contribution in [-0.4, -0.2) is 29.9 Å². The third kappa shape index (κ3) is 2.64. The Morgan fingerprint density at radius 1 is 1.69 bits per heavy atom. The molecule has 0 bridgehead atoms. The summed E-state index contributed by atoms with van der Waals surface area (Å²) in [5.41, 5.74) is 0. The topological polar surface area (TPSA) is 32.3 Å². The second-order valence-electron chi connectivity index (χ2n) is 3.89. The summed E-state index contributed by atoms with van der Waals surface area (Å²) in [5, 5.41) is 5.27. The van der Waals surface area contributed by atoms with Gasteiger partial charge in [-0.2, -0.15) is 0 Å². The van der Waals surface area contributed by atoms with Crippen molar-refractivity contribution < 1.29 is 4.79 Å². The molecular formula is C11H15BrN2OS. The van der Waals surface area contributed by atoms with Crippen LogP contribution in [0.4, 0.5) is 0 Å². The SMILES string of the molecule is CCNC1CCN(Cc2cc(Br)cs2)C1=O. The summed E-state index contributed by atoms with van der Waals surface area (Å²) in [6, 6.07) is 2.12. The zero-order valence-electron chi connectivity index (χ0n) is 9.20. The van der Waals surface area contributed by atoms with Crippen LogP contribution in [0.15, 0.2) is 15.9 Å². The fourth-order valence-corrected chi connectivity index (χ4v) is 3.42. The van der Waals surface area contributed by atoms with Gasteiger partial charge >= 0.3 is 0 Å². The van der Waals surface area contributed by atoms with Crippen LogP contribution in [-0.2, 0) is 11.3 Å². The summed E-state index contributed by atoms with van der Waals surface area (Å²) in [5.74, 6) is 0.242. The van der Waals surface area contributed by atoms with Crippen LogP contribution in [0.2, 0.25) is 0 Å². The lowest BCUT2D eigenvalue weighted by atomic mass is 10.2. The normalized spacial score (nSPS) is 20.8. The third-order valence-electron chi connectivity index (χ3n) is 2.72. The second kappa shape index (κ2) is 5.29. The van der Waals surface area contributed by atoms with E-state index in [1.807, 2.05) is 11.8 Å². The van der Waals surface area contributed by atoms with E-state index in [9.17, 15) is 4.79 Å². The van der Waals surface area contributed by atoms with Gasteiger partial charge in [-0.15, -0.1) is 11.3 Å². The minimum absolute atomic E-state index is 0.0356. The van der Waals surface area contributed by atoms with Crippen LogP contribution < -0.4 is 5.32 Å². The van der Waals surface area contributed by atoms with Gasteiger partial charge in [0.05, 0.1) is 12.6 Å². The molecule has 1 N–H and O–H groups in total. The number of hydrogen-bond acceptors (Lipinski definition) is 3. The van der Waals surface area contributed by atoms with Crippen molar-refractivity contribution in [2.45, 2.75) is 25.9 Å². The van der Waals surface area contributed by atoms with Crippen molar-refractivity contribution in [3.05, 3.63) is 20.8 Å². The van der Waals surface area contributed by atoms with Crippen LogP contribution in [0.5, 0.6) is 0 Å². The van der Waals surface area contributed by atoms with Crippen LogP contribution in [0.3, 0.4) is 0 Å². The molecule has 0 aromatic carbocycles. The number of amides is 1. The molecule has 1 saturated heterocycles. The molecule has 2 rings (SSSR count). The van der Waals surface area contributed by atoms with Crippen molar-refractivity contribution in [2.75, 3.05) is 13.1 Å². The number of thiophene rings is 1. The first-order valence-electron chi connectivity index (χ1n) is 5.45. The highest BCUT2D eigenvalue weighted by atomic mass is 79.9. The Bertz CT molecular complexity index is 380. The molecule has 16 heavy (non-hydrogen) atoms. The fraction of sp³-hybridized carbons (Fsp3) is 0.545. The van der Waals surface area contributed by atoms with E-state index in [2.05, 4.69) is 32.7 Å². The fourth-order valence-electron chi connectivity index (χ4n) is 1.96. The number of likely N-dealkylation sites (N-methyl/N-ethyl adjacent to an activating group) is 1. The lowest BCUT2D eigenvalue weighted by Gasteiger charge is -2.15. The molecule has 1 fully saturated rings. The highest BCUT2D eigenvalue weighted by Gasteiger charge is 2.30. The van der Waals surface area contributed by atoms with E-state index in [-0.39, 0.29) is 11.9 Å². The quantitative estimate of drug-likeness (QED) is 0.925. The smallest absolute Gasteiger partial charge is 0.240 e. The monoisotopic (exact) mass is 302 g/mol. The lowest BCUT2D eigenvalue weighted by molar-refractivity contribution is -0.129. The van der Waals surface area contributed by atoms with Gasteiger partial charge in [0.15, 0.2) is 0 Å². The van der Waals surface area contributed by atoms with Crippen LogP contribution in [0, 0.1) is 0 Å². The number of halogens is 1. The van der Waals surface area contributed by atoms with Crippen molar-refractivity contribution in [3.63, 3.8) is 0 Å². The predicted molar refractivity (Wildman–Crippen MR) is 69.5 cm³/mol. The highest BCUT2D eigenvalue weighted by molar-refractivity contribution is 9.10. The predicted octanol–water partition coefficient (Wildman–Crippen LogP) is 2.22. The van der Waals surface area contributed by atoms with Crippen molar-refractivity contribution in [2.24, 2.45) is 0 Å². The molecule has 0 radical (unpaired) electrons. The van der Waals surface area contributed by atoms with Gasteiger partial charge in [-0.1, -0.05) is 6.92 Å². The van der Waals surface area contributed by atoms with Crippen LogP contribution in [0.25, 0.3) is 0 Å². The maximum atomic E-state index is 12.0. The van der Waals surface area contributed by atoms with Gasteiger partial charge in [0, 0.05) is 21.3 Å². The number of nitrogens with one attached hydrogen (secondary N) is 1. The van der Waals surface area contributed by atoms with E-state index in [1.54, 1.807) is 11.3 Å². The number of carbonyl (C=O) groups excluding carboxylic acids is 1. The van der Waals surface area contributed by atoms with E-state index >= 15 is 0 Å². The summed E-state index contributed by atoms with van der Waals surface area (Å²) in [6.07, 6.45) is 0.930. The molecule has 1 unspecified atom stereocenters. The van der Waals surface area contributed by atoms with Gasteiger partial charge in [-0.25, -0.2) is 0 Å². The Morgan fingerprint density at radius 3 is 3.12 bits per heavy atom. The first-order chi connectivity index (χ1) is 7.70. The molecule has 0 spiro atoms. The van der Waals surface area contributed by atoms with Crippen LogP contribution in [0.1, 0.15) is 18.2 Å². The minimum Gasteiger partial charge on any atom is -0.336 e. The highest BCUT2D eigenvalue weighted by Crippen LogP contribution is 2.23. The van der Waals surface area contributed by atoms with Gasteiger partial charge in [0.1, 0.15) is 0 Å². The first kappa shape index (κ1) is 12.1. The molecular weight excluding hydrogens is 288 g/mol. The molecule has 1 atom stereocenters. The lowest BCUT2D eigenvalue weighted by Crippen LogP contribution is -2.37. The standard InChI is InChI=1S/C11H15BrN2OS/c1-2-13-10-3-4-14(11(10)15)6-9-5-8(12)7-16-9/h5,7,10,13H,2-4,6H2,1H3. The molecule has 5 heteroatoms. The molecule has 1 aliphatic heterocycles. The van der Waals surface area contributed by atoms with Gasteiger partial charge in [0.25, 0.3) is 0 Å². The molecule has 1 aromatic rings. The Morgan fingerprint density at radius 2 is 2.50 bits per heavy atom. The summed E-state index contributed by atoms with van der Waals surface area (Å²) in [7, 11) is 0. The maximum Gasteiger partial charge on any atom is 0.240 e. The molecule has 1 amide bonds. The molecule has 0 aliphatic carbocycles. The van der Waals surface area contributed by atoms with Crippen LogP contribution >= 0.6 is 27.3 Å². The molecule has 2 heterocycles. The van der Waals surface area contributed by atoms with E-state index in [0.29, 0.717) is 0 Å². The van der Waals surface area contributed by atoms with E-state index in [1.165, 1.54) is 4.88 Å². The summed E-state index contributed by atoms with van der Waals surface area (Å²) < 4.78 is 1.10. The zero-order valence-corrected chi connectivity index (χ0v) is 11.6. The Labute approximate surface area is 108 Å². The number of hydrogen-bond donors (Lipinski definition) is 1. The average Bonchev–Trinajstić information content (AvgIpc) is 2.80. The zero-order chi connectivity index (χ0) is 11.5.